The van der Waals surface area contributed by atoms with Gasteiger partial charge in [0.15, 0.2) is 5.96 Å². The maximum absolute atomic E-state index is 12.1. The Labute approximate surface area is 213 Å². The molecule has 3 rings (SSSR count). The van der Waals surface area contributed by atoms with E-state index < -0.39 is 0 Å². The van der Waals surface area contributed by atoms with Gasteiger partial charge in [-0.15, -0.1) is 24.0 Å². The molecular weight excluding hydrogens is 529 g/mol. The zero-order valence-electron chi connectivity index (χ0n) is 19.6. The van der Waals surface area contributed by atoms with Gasteiger partial charge in [-0.25, -0.2) is 0 Å². The summed E-state index contributed by atoms with van der Waals surface area (Å²) >= 11 is 0. The fourth-order valence-electron chi connectivity index (χ4n) is 3.52. The van der Waals surface area contributed by atoms with Crippen LogP contribution in [0.2, 0.25) is 0 Å². The Hall–Kier alpha value is -2.62. The molecule has 1 aliphatic rings. The number of nitrogens with one attached hydrogen (secondary N) is 3. The van der Waals surface area contributed by atoms with Crippen LogP contribution >= 0.6 is 24.0 Å². The first kappa shape index (κ1) is 26.6. The minimum atomic E-state index is -0.00952. The number of hydrogen-bond acceptors (Lipinski definition) is 3. The number of aliphatic imine (C=N–C) groups is 1. The molecule has 3 N–H and O–H groups in total. The summed E-state index contributed by atoms with van der Waals surface area (Å²) < 4.78 is 0. The maximum atomic E-state index is 12.1. The van der Waals surface area contributed by atoms with Crippen LogP contribution in [-0.4, -0.2) is 31.4 Å². The number of guanidine groups is 1. The summed E-state index contributed by atoms with van der Waals surface area (Å²) in [4.78, 5) is 30.1. The lowest BCUT2D eigenvalue weighted by Gasteiger charge is -2.16. The van der Waals surface area contributed by atoms with Crippen LogP contribution in [0.5, 0.6) is 0 Å². The van der Waals surface area contributed by atoms with Crippen LogP contribution in [0.25, 0.3) is 0 Å². The molecule has 0 aromatic heterocycles. The monoisotopic (exact) mass is 563 g/mol. The number of nitrogens with zero attached hydrogens (tertiary/aromatic N) is 2. The van der Waals surface area contributed by atoms with Crippen LogP contribution in [0.15, 0.2) is 53.5 Å². The predicted molar refractivity (Wildman–Crippen MR) is 145 cm³/mol. The average molecular weight is 563 g/mol. The van der Waals surface area contributed by atoms with Crippen LogP contribution in [0, 0.1) is 5.92 Å². The van der Waals surface area contributed by atoms with E-state index in [1.54, 1.807) is 7.05 Å². The minimum absolute atomic E-state index is 0. The van der Waals surface area contributed by atoms with E-state index in [9.17, 15) is 9.59 Å². The standard InChI is InChI=1S/C25H33N5O2.HI/c1-4-18(2)24(32)29-21-8-5-7-20(15-21)17-28-25(26-3)27-16-19-10-12-22(13-11-19)30-14-6-9-23(30)31;/h5,7-8,10-13,15,18H,4,6,9,14,16-17H2,1-3H3,(H,29,32)(H2,26,27,28);1H. The molecule has 1 saturated heterocycles. The summed E-state index contributed by atoms with van der Waals surface area (Å²) in [5, 5.41) is 9.59. The highest BCUT2D eigenvalue weighted by Crippen LogP contribution is 2.21. The lowest BCUT2D eigenvalue weighted by molar-refractivity contribution is -0.119. The van der Waals surface area contributed by atoms with Gasteiger partial charge in [0.05, 0.1) is 0 Å². The van der Waals surface area contributed by atoms with Crippen molar-refractivity contribution in [1.82, 2.24) is 10.6 Å². The van der Waals surface area contributed by atoms with E-state index in [4.69, 9.17) is 0 Å². The van der Waals surface area contributed by atoms with Gasteiger partial charge in [-0.05, 0) is 48.2 Å². The second-order valence-corrected chi connectivity index (χ2v) is 8.09. The Morgan fingerprint density at radius 2 is 1.79 bits per heavy atom. The first-order valence-electron chi connectivity index (χ1n) is 11.2. The number of carbonyl (C=O) groups is 2. The summed E-state index contributed by atoms with van der Waals surface area (Å²) in [6, 6.07) is 15.9. The minimum Gasteiger partial charge on any atom is -0.352 e. The molecule has 1 heterocycles. The SMILES string of the molecule is CCC(C)C(=O)Nc1cccc(CNC(=NC)NCc2ccc(N3CCCC3=O)cc2)c1.I. The van der Waals surface area contributed by atoms with Crippen LogP contribution in [-0.2, 0) is 22.7 Å². The number of anilines is 2. The van der Waals surface area contributed by atoms with Crippen molar-refractivity contribution < 1.29 is 9.59 Å². The number of amides is 2. The molecular formula is C25H34IN5O2. The van der Waals surface area contributed by atoms with Crippen molar-refractivity contribution in [3.8, 4) is 0 Å². The molecule has 0 radical (unpaired) electrons. The van der Waals surface area contributed by atoms with Gasteiger partial charge in [0.1, 0.15) is 0 Å². The van der Waals surface area contributed by atoms with Gasteiger partial charge in [0.25, 0.3) is 0 Å². The van der Waals surface area contributed by atoms with Crippen molar-refractivity contribution >= 4 is 53.1 Å². The Kier molecular flexibility index (Phi) is 10.6. The Balaban J connectivity index is 0.00000385. The zero-order chi connectivity index (χ0) is 22.9. The van der Waals surface area contributed by atoms with Crippen LogP contribution in [0.4, 0.5) is 11.4 Å². The van der Waals surface area contributed by atoms with Crippen LogP contribution in [0.3, 0.4) is 0 Å². The quantitative estimate of drug-likeness (QED) is 0.254. The van der Waals surface area contributed by atoms with Crippen molar-refractivity contribution in [3.05, 3.63) is 59.7 Å². The van der Waals surface area contributed by atoms with Crippen molar-refractivity contribution in [3.63, 3.8) is 0 Å². The maximum Gasteiger partial charge on any atom is 0.227 e. The van der Waals surface area contributed by atoms with E-state index >= 15 is 0 Å². The smallest absolute Gasteiger partial charge is 0.227 e. The Morgan fingerprint density at radius 3 is 2.39 bits per heavy atom. The highest BCUT2D eigenvalue weighted by atomic mass is 127. The molecule has 0 spiro atoms. The second-order valence-electron chi connectivity index (χ2n) is 8.09. The number of hydrogen-bond donors (Lipinski definition) is 3. The normalized spacial score (nSPS) is 14.5. The first-order chi connectivity index (χ1) is 15.5. The molecule has 8 heteroatoms. The second kappa shape index (κ2) is 13.2. The van der Waals surface area contributed by atoms with Crippen molar-refractivity contribution in [2.45, 2.75) is 46.2 Å². The number of rotatable bonds is 8. The third kappa shape index (κ3) is 7.73. The van der Waals surface area contributed by atoms with Crippen molar-refractivity contribution in [2.24, 2.45) is 10.9 Å². The molecule has 1 unspecified atom stereocenters. The third-order valence-electron chi connectivity index (χ3n) is 5.72. The highest BCUT2D eigenvalue weighted by molar-refractivity contribution is 14.0. The largest absolute Gasteiger partial charge is 0.352 e. The number of benzene rings is 2. The summed E-state index contributed by atoms with van der Waals surface area (Å²) in [6.45, 7) is 5.94. The van der Waals surface area contributed by atoms with Crippen molar-refractivity contribution in [1.29, 1.82) is 0 Å². The van der Waals surface area contributed by atoms with Crippen LogP contribution < -0.4 is 20.9 Å². The van der Waals surface area contributed by atoms with Crippen molar-refractivity contribution in [2.75, 3.05) is 23.8 Å². The van der Waals surface area contributed by atoms with E-state index in [2.05, 4.69) is 20.9 Å². The highest BCUT2D eigenvalue weighted by Gasteiger charge is 2.21. The van der Waals surface area contributed by atoms with Gasteiger partial charge in [0, 0.05) is 50.4 Å². The molecule has 2 aromatic carbocycles. The molecule has 0 aliphatic carbocycles. The first-order valence-corrected chi connectivity index (χ1v) is 11.2. The molecule has 2 amide bonds. The predicted octanol–water partition coefficient (Wildman–Crippen LogP) is 4.28. The summed E-state index contributed by atoms with van der Waals surface area (Å²) in [5.74, 6) is 0.918. The fourth-order valence-corrected chi connectivity index (χ4v) is 3.52. The van der Waals surface area contributed by atoms with E-state index in [-0.39, 0.29) is 41.7 Å². The Bertz CT molecular complexity index is 962. The van der Waals surface area contributed by atoms with Gasteiger partial charge >= 0.3 is 0 Å². The fraction of sp³-hybridized carbons (Fsp3) is 0.400. The third-order valence-corrected chi connectivity index (χ3v) is 5.72. The van der Waals surface area contributed by atoms with E-state index in [0.29, 0.717) is 25.5 Å². The van der Waals surface area contributed by atoms with Gasteiger partial charge in [-0.3, -0.25) is 14.6 Å². The summed E-state index contributed by atoms with van der Waals surface area (Å²) in [5.41, 5.74) is 3.92. The molecule has 0 bridgehead atoms. The molecule has 33 heavy (non-hydrogen) atoms. The topological polar surface area (TPSA) is 85.8 Å². The Morgan fingerprint density at radius 1 is 1.09 bits per heavy atom. The molecule has 178 valence electrons. The summed E-state index contributed by atoms with van der Waals surface area (Å²) in [6.07, 6.45) is 2.38. The van der Waals surface area contributed by atoms with Crippen LogP contribution in [0.1, 0.15) is 44.2 Å². The summed E-state index contributed by atoms with van der Waals surface area (Å²) in [7, 11) is 1.74. The van der Waals surface area contributed by atoms with Gasteiger partial charge in [-0.2, -0.15) is 0 Å². The van der Waals surface area contributed by atoms with E-state index in [0.717, 1.165) is 41.9 Å². The van der Waals surface area contributed by atoms with E-state index in [1.807, 2.05) is 67.3 Å². The molecule has 1 aliphatic heterocycles. The lowest BCUT2D eigenvalue weighted by Crippen LogP contribution is -2.36. The van der Waals surface area contributed by atoms with E-state index in [1.165, 1.54) is 0 Å². The molecule has 2 aromatic rings. The molecule has 1 fully saturated rings. The zero-order valence-corrected chi connectivity index (χ0v) is 21.9. The number of carbonyl (C=O) groups excluding carboxylic acids is 2. The lowest BCUT2D eigenvalue weighted by atomic mass is 10.1. The average Bonchev–Trinajstić information content (AvgIpc) is 3.25. The van der Waals surface area contributed by atoms with Gasteiger partial charge in [0.2, 0.25) is 11.8 Å². The molecule has 0 saturated carbocycles. The molecule has 7 nitrogen and oxygen atoms in total. The number of halogens is 1. The van der Waals surface area contributed by atoms with Gasteiger partial charge in [-0.1, -0.05) is 38.1 Å². The molecule has 1 atom stereocenters. The van der Waals surface area contributed by atoms with Gasteiger partial charge < -0.3 is 20.9 Å².